The Hall–Kier alpha value is -2.47. The molecule has 90 valence electrons. The van der Waals surface area contributed by atoms with Crippen LogP contribution in [0.3, 0.4) is 0 Å². The van der Waals surface area contributed by atoms with Gasteiger partial charge in [0.2, 0.25) is 5.95 Å². The third kappa shape index (κ3) is 1.68. The monoisotopic (exact) mass is 240 g/mol. The zero-order valence-electron chi connectivity index (χ0n) is 9.83. The molecule has 6 nitrogen and oxygen atoms in total. The molecule has 1 aromatic carbocycles. The van der Waals surface area contributed by atoms with Crippen LogP contribution in [0.4, 0.5) is 5.95 Å². The Morgan fingerprint density at radius 3 is 2.78 bits per heavy atom. The van der Waals surface area contributed by atoms with Crippen LogP contribution in [0.1, 0.15) is 5.56 Å². The molecule has 0 bridgehead atoms. The Labute approximate surface area is 103 Å². The summed E-state index contributed by atoms with van der Waals surface area (Å²) in [7, 11) is 0. The molecule has 0 aliphatic carbocycles. The smallest absolute Gasteiger partial charge is 0.239 e. The Morgan fingerprint density at radius 2 is 2.06 bits per heavy atom. The van der Waals surface area contributed by atoms with Crippen LogP contribution >= 0.6 is 0 Å². The van der Waals surface area contributed by atoms with Crippen LogP contribution < -0.4 is 11.3 Å². The quantitative estimate of drug-likeness (QED) is 0.523. The molecule has 6 heteroatoms. The number of hydrogen-bond acceptors (Lipinski definition) is 5. The average molecular weight is 240 g/mol. The molecular weight excluding hydrogens is 228 g/mol. The van der Waals surface area contributed by atoms with Gasteiger partial charge in [-0.15, -0.1) is 0 Å². The number of fused-ring (bicyclic) bond motifs is 1. The fourth-order valence-corrected chi connectivity index (χ4v) is 1.83. The number of nitrogens with two attached hydrogens (primary N) is 1. The fourth-order valence-electron chi connectivity index (χ4n) is 1.83. The van der Waals surface area contributed by atoms with Gasteiger partial charge < -0.3 is 0 Å². The molecular formula is C12H12N6. The minimum atomic E-state index is 0.372. The maximum Gasteiger partial charge on any atom is 0.239 e. The third-order valence-corrected chi connectivity index (χ3v) is 2.64. The number of benzene rings is 1. The van der Waals surface area contributed by atoms with E-state index >= 15 is 0 Å². The Bertz CT molecular complexity index is 703. The Morgan fingerprint density at radius 1 is 1.22 bits per heavy atom. The van der Waals surface area contributed by atoms with Crippen LogP contribution in [0.25, 0.3) is 16.7 Å². The van der Waals surface area contributed by atoms with Crippen molar-refractivity contribution in [3.05, 3.63) is 42.2 Å². The van der Waals surface area contributed by atoms with E-state index in [9.17, 15) is 0 Å². The van der Waals surface area contributed by atoms with Crippen molar-refractivity contribution in [3.63, 3.8) is 0 Å². The molecule has 0 amide bonds. The molecule has 3 rings (SSSR count). The lowest BCUT2D eigenvalue weighted by Gasteiger charge is -2.07. The summed E-state index contributed by atoms with van der Waals surface area (Å²) in [6, 6.07) is 7.74. The normalized spacial score (nSPS) is 10.8. The van der Waals surface area contributed by atoms with E-state index in [-0.39, 0.29) is 0 Å². The maximum absolute atomic E-state index is 5.39. The van der Waals surface area contributed by atoms with Gasteiger partial charge in [0.1, 0.15) is 0 Å². The van der Waals surface area contributed by atoms with Crippen LogP contribution in [-0.2, 0) is 0 Å². The molecule has 0 aliphatic rings. The van der Waals surface area contributed by atoms with E-state index < -0.39 is 0 Å². The number of aromatic nitrogens is 4. The molecule has 0 aliphatic heterocycles. The molecule has 3 N–H and O–H groups in total. The van der Waals surface area contributed by atoms with Gasteiger partial charge in [0.05, 0.1) is 11.7 Å². The first-order valence-corrected chi connectivity index (χ1v) is 5.53. The molecule has 18 heavy (non-hydrogen) atoms. The highest BCUT2D eigenvalue weighted by Gasteiger charge is 2.09. The van der Waals surface area contributed by atoms with Crippen molar-refractivity contribution in [1.29, 1.82) is 0 Å². The molecule has 0 saturated heterocycles. The first-order chi connectivity index (χ1) is 8.78. The van der Waals surface area contributed by atoms with Crippen LogP contribution in [0.15, 0.2) is 36.7 Å². The van der Waals surface area contributed by atoms with E-state index in [2.05, 4.69) is 20.5 Å². The first-order valence-electron chi connectivity index (χ1n) is 5.53. The standard InChI is InChI=1S/C12H12N6/c1-8-6-14-18(7-8)11-9-4-2-3-5-10(9)15-12(16-11)17-13/h2-7H,13H2,1H3,(H,15,16,17). The number of nitrogen functional groups attached to an aromatic ring is 1. The zero-order valence-corrected chi connectivity index (χ0v) is 9.83. The van der Waals surface area contributed by atoms with Gasteiger partial charge in [-0.2, -0.15) is 10.1 Å². The predicted molar refractivity (Wildman–Crippen MR) is 69.2 cm³/mol. The molecule has 0 unspecified atom stereocenters. The van der Waals surface area contributed by atoms with Gasteiger partial charge in [0, 0.05) is 11.6 Å². The second-order valence-corrected chi connectivity index (χ2v) is 3.99. The van der Waals surface area contributed by atoms with Crippen molar-refractivity contribution in [2.75, 3.05) is 5.43 Å². The number of rotatable bonds is 2. The van der Waals surface area contributed by atoms with E-state index in [1.165, 1.54) is 0 Å². The largest absolute Gasteiger partial charge is 0.292 e. The molecule has 3 aromatic rings. The summed E-state index contributed by atoms with van der Waals surface area (Å²) in [5, 5.41) is 5.20. The molecule has 0 atom stereocenters. The van der Waals surface area contributed by atoms with Gasteiger partial charge >= 0.3 is 0 Å². The SMILES string of the molecule is Cc1cnn(-c2nc(NN)nc3ccccc23)c1. The van der Waals surface area contributed by atoms with Gasteiger partial charge in [-0.1, -0.05) is 12.1 Å². The van der Waals surface area contributed by atoms with Gasteiger partial charge in [-0.3, -0.25) is 5.43 Å². The second-order valence-electron chi connectivity index (χ2n) is 3.99. The van der Waals surface area contributed by atoms with Crippen molar-refractivity contribution in [1.82, 2.24) is 19.7 Å². The summed E-state index contributed by atoms with van der Waals surface area (Å²) in [6.07, 6.45) is 3.70. The molecule has 2 aromatic heterocycles. The molecule has 0 fully saturated rings. The van der Waals surface area contributed by atoms with Crippen LogP contribution in [0.5, 0.6) is 0 Å². The minimum absolute atomic E-state index is 0.372. The van der Waals surface area contributed by atoms with Crippen molar-refractivity contribution in [2.45, 2.75) is 6.92 Å². The van der Waals surface area contributed by atoms with Crippen LogP contribution in [0.2, 0.25) is 0 Å². The number of aryl methyl sites for hydroxylation is 1. The molecule has 2 heterocycles. The second kappa shape index (κ2) is 4.08. The third-order valence-electron chi connectivity index (χ3n) is 2.64. The van der Waals surface area contributed by atoms with Gasteiger partial charge in [-0.05, 0) is 24.6 Å². The highest BCUT2D eigenvalue weighted by atomic mass is 15.3. The summed E-state index contributed by atoms with van der Waals surface area (Å²) in [5.41, 5.74) is 4.36. The van der Waals surface area contributed by atoms with Crippen molar-refractivity contribution < 1.29 is 0 Å². The van der Waals surface area contributed by atoms with E-state index in [4.69, 9.17) is 5.84 Å². The van der Waals surface area contributed by atoms with Gasteiger partial charge in [0.25, 0.3) is 0 Å². The maximum atomic E-state index is 5.39. The highest BCUT2D eigenvalue weighted by molar-refractivity contribution is 5.86. The summed E-state index contributed by atoms with van der Waals surface area (Å²) >= 11 is 0. The number of hydrogen-bond donors (Lipinski definition) is 2. The molecule has 0 saturated carbocycles. The average Bonchev–Trinajstić information content (AvgIpc) is 2.84. The highest BCUT2D eigenvalue weighted by Crippen LogP contribution is 2.20. The van der Waals surface area contributed by atoms with Crippen molar-refractivity contribution in [3.8, 4) is 5.82 Å². The lowest BCUT2D eigenvalue weighted by Crippen LogP contribution is -2.12. The molecule has 0 radical (unpaired) electrons. The fraction of sp³-hybridized carbons (Fsp3) is 0.0833. The van der Waals surface area contributed by atoms with Crippen LogP contribution in [-0.4, -0.2) is 19.7 Å². The van der Waals surface area contributed by atoms with Crippen molar-refractivity contribution >= 4 is 16.9 Å². The van der Waals surface area contributed by atoms with E-state index in [1.807, 2.05) is 37.4 Å². The number of para-hydroxylation sites is 1. The van der Waals surface area contributed by atoms with Gasteiger partial charge in [0.15, 0.2) is 5.82 Å². The number of nitrogens with one attached hydrogen (secondary N) is 1. The summed E-state index contributed by atoms with van der Waals surface area (Å²) in [5.74, 6) is 6.47. The van der Waals surface area contributed by atoms with Crippen molar-refractivity contribution in [2.24, 2.45) is 5.84 Å². The topological polar surface area (TPSA) is 81.7 Å². The van der Waals surface area contributed by atoms with E-state index in [1.54, 1.807) is 10.9 Å². The lowest BCUT2D eigenvalue weighted by atomic mass is 10.2. The van der Waals surface area contributed by atoms with E-state index in [0.717, 1.165) is 16.5 Å². The summed E-state index contributed by atoms with van der Waals surface area (Å²) in [4.78, 5) is 8.65. The summed E-state index contributed by atoms with van der Waals surface area (Å²) in [6.45, 7) is 1.98. The molecule has 0 spiro atoms. The number of anilines is 1. The Kier molecular flexibility index (Phi) is 2.42. The van der Waals surface area contributed by atoms with Gasteiger partial charge in [-0.25, -0.2) is 15.5 Å². The lowest BCUT2D eigenvalue weighted by molar-refractivity contribution is 0.851. The summed E-state index contributed by atoms with van der Waals surface area (Å²) < 4.78 is 1.72. The minimum Gasteiger partial charge on any atom is -0.292 e. The first kappa shape index (κ1) is 10.7. The Balaban J connectivity index is 2.32. The van der Waals surface area contributed by atoms with Crippen LogP contribution in [0, 0.1) is 6.92 Å². The number of hydrazine groups is 1. The van der Waals surface area contributed by atoms with E-state index in [0.29, 0.717) is 11.8 Å². The zero-order chi connectivity index (χ0) is 12.5. The predicted octanol–water partition coefficient (Wildman–Crippen LogP) is 1.41. The number of nitrogens with zero attached hydrogens (tertiary/aromatic N) is 4.